The van der Waals surface area contributed by atoms with Gasteiger partial charge in [-0.2, -0.15) is 0 Å². The molecule has 2 aliphatic carbocycles. The van der Waals surface area contributed by atoms with Crippen LogP contribution >= 0.6 is 23.2 Å². The van der Waals surface area contributed by atoms with Crippen LogP contribution in [0.15, 0.2) is 115 Å². The van der Waals surface area contributed by atoms with Crippen molar-refractivity contribution in [2.75, 3.05) is 0 Å². The molecule has 274 valence electrons. The van der Waals surface area contributed by atoms with Gasteiger partial charge in [0.15, 0.2) is 0 Å². The second kappa shape index (κ2) is 15.3. The van der Waals surface area contributed by atoms with Crippen molar-refractivity contribution in [3.63, 3.8) is 0 Å². The van der Waals surface area contributed by atoms with Crippen molar-refractivity contribution in [2.24, 2.45) is 0 Å². The van der Waals surface area contributed by atoms with E-state index in [2.05, 4.69) is 171 Å². The summed E-state index contributed by atoms with van der Waals surface area (Å²) in [5.41, 5.74) is 14.3. The molecular weight excluding hydrogens is 822 g/mol. The summed E-state index contributed by atoms with van der Waals surface area (Å²) in [5.74, 6) is 0. The van der Waals surface area contributed by atoms with E-state index in [-0.39, 0.29) is 35.6 Å². The number of benzene rings is 6. The molecule has 0 saturated carbocycles. The fourth-order valence-corrected chi connectivity index (χ4v) is 18.4. The van der Waals surface area contributed by atoms with Crippen LogP contribution in [0.1, 0.15) is 86.1 Å². The average Bonchev–Trinajstić information content (AvgIpc) is 3.75. The topological polar surface area (TPSA) is 0 Å². The SMILES string of the molecule is Cc1cc2c(cc1C(C)(C)C)-c1cc(C(C)(C)C)c(C)[c]([Zr+2](=[C](c3ccc(Cl)c4ccccc34)c3ccc(Cl)c4ccccc34)[CH]3C=CC=C3)c1C2.[Cl-].[Cl-]. The van der Waals surface area contributed by atoms with Crippen LogP contribution in [0.25, 0.3) is 32.7 Å². The molecule has 0 aromatic heterocycles. The Morgan fingerprint density at radius 2 is 1.09 bits per heavy atom. The van der Waals surface area contributed by atoms with Crippen molar-refractivity contribution >= 4 is 51.2 Å². The van der Waals surface area contributed by atoms with Crippen molar-refractivity contribution in [1.82, 2.24) is 0 Å². The van der Waals surface area contributed by atoms with Crippen LogP contribution in [0.2, 0.25) is 13.7 Å². The molecule has 0 fully saturated rings. The third kappa shape index (κ3) is 6.97. The molecule has 0 N–H and O–H groups in total. The standard InChI is InChI=1S/C23H29.C21H12Cl2.C5H5.2ClH.Zr/c1-14-9-16-11-17-10-15(2)21(23(6,7)8)13-19(17)18(16)12-20(14)22(3,4)5;22-20-11-9-14(16-5-1-3-7-18(16)20)13-15-10-12-21(23)19-8-4-2-6-17(15)19;1-2-4-5-3-1;;;/h9,12-13H,11H2,1-8H3;1-12H;1-5H;2*1H;/q;;;;;+2/p-2. The average molecular weight is 868 g/mol. The Hall–Kier alpha value is -2.77. The normalized spacial score (nSPS) is 13.4. The number of allylic oxidation sites excluding steroid dienone is 4. The molecule has 0 bridgehead atoms. The summed E-state index contributed by atoms with van der Waals surface area (Å²) in [6.07, 6.45) is 10.5. The molecule has 0 unspecified atom stereocenters. The molecule has 0 spiro atoms. The molecule has 0 amide bonds. The summed E-state index contributed by atoms with van der Waals surface area (Å²) >= 11 is 10.9. The monoisotopic (exact) mass is 864 g/mol. The van der Waals surface area contributed by atoms with Crippen molar-refractivity contribution in [1.29, 1.82) is 0 Å². The molecule has 0 saturated heterocycles. The van der Waals surface area contributed by atoms with Crippen LogP contribution in [-0.4, -0.2) is 3.21 Å². The van der Waals surface area contributed by atoms with E-state index in [9.17, 15) is 0 Å². The summed E-state index contributed by atoms with van der Waals surface area (Å²) in [5, 5.41) is 6.20. The van der Waals surface area contributed by atoms with Gasteiger partial charge in [0.05, 0.1) is 0 Å². The first-order valence-corrected chi connectivity index (χ1v) is 23.1. The van der Waals surface area contributed by atoms with Gasteiger partial charge in [-0.05, 0) is 0 Å². The van der Waals surface area contributed by atoms with Gasteiger partial charge in [0.1, 0.15) is 0 Å². The number of hydrogen-bond donors (Lipinski definition) is 0. The fraction of sp³-hybridized carbons (Fsp3) is 0.245. The Kier molecular flexibility index (Phi) is 11.6. The van der Waals surface area contributed by atoms with Crippen LogP contribution < -0.4 is 28.1 Å². The summed E-state index contributed by atoms with van der Waals surface area (Å²) in [4.78, 5) is 0. The molecule has 0 aliphatic heterocycles. The van der Waals surface area contributed by atoms with Gasteiger partial charge in [0.2, 0.25) is 0 Å². The van der Waals surface area contributed by atoms with Crippen molar-refractivity contribution in [2.45, 2.75) is 76.3 Å². The van der Waals surface area contributed by atoms with Gasteiger partial charge >= 0.3 is 330 Å². The predicted octanol–water partition coefficient (Wildman–Crippen LogP) is 7.52. The molecule has 0 nitrogen and oxygen atoms in total. The summed E-state index contributed by atoms with van der Waals surface area (Å²) in [7, 11) is 0. The number of aryl methyl sites for hydroxylation is 1. The molecule has 6 aromatic carbocycles. The van der Waals surface area contributed by atoms with Gasteiger partial charge in [-0.25, -0.2) is 0 Å². The maximum Gasteiger partial charge on any atom is -1.00 e. The number of fused-ring (bicyclic) bond motifs is 5. The summed E-state index contributed by atoms with van der Waals surface area (Å²) in [6, 6.07) is 33.9. The smallest absolute Gasteiger partial charge is 1.00 e. The third-order valence-electron chi connectivity index (χ3n) is 11.3. The van der Waals surface area contributed by atoms with E-state index in [1.54, 1.807) is 8.83 Å². The van der Waals surface area contributed by atoms with Gasteiger partial charge in [0, 0.05) is 0 Å². The fourth-order valence-electron chi connectivity index (χ4n) is 9.04. The van der Waals surface area contributed by atoms with E-state index in [0.717, 1.165) is 27.2 Å². The van der Waals surface area contributed by atoms with Crippen LogP contribution in [0.3, 0.4) is 0 Å². The molecule has 0 atom stereocenters. The van der Waals surface area contributed by atoms with E-state index < -0.39 is 21.3 Å². The number of rotatable bonds is 4. The minimum absolute atomic E-state index is 0. The van der Waals surface area contributed by atoms with Crippen molar-refractivity contribution in [3.8, 4) is 11.1 Å². The van der Waals surface area contributed by atoms with Crippen LogP contribution in [0.5, 0.6) is 0 Å². The van der Waals surface area contributed by atoms with Crippen molar-refractivity contribution < 1.29 is 46.1 Å². The maximum absolute atomic E-state index is 6.97. The number of halogens is 4. The Balaban J connectivity index is 0.00000249. The van der Waals surface area contributed by atoms with E-state index in [1.807, 2.05) is 0 Å². The van der Waals surface area contributed by atoms with Crippen molar-refractivity contribution in [3.05, 3.63) is 170 Å². The quantitative estimate of drug-likeness (QED) is 0.172. The Morgan fingerprint density at radius 1 is 0.611 bits per heavy atom. The van der Waals surface area contributed by atoms with Gasteiger partial charge in [-0.1, -0.05) is 0 Å². The zero-order chi connectivity index (χ0) is 36.7. The predicted molar refractivity (Wildman–Crippen MR) is 224 cm³/mol. The first-order chi connectivity index (χ1) is 24.7. The zero-order valence-corrected chi connectivity index (χ0v) is 37.7. The molecule has 0 heterocycles. The van der Waals surface area contributed by atoms with Crippen LogP contribution in [-0.2, 0) is 38.5 Å². The van der Waals surface area contributed by atoms with E-state index in [4.69, 9.17) is 23.2 Å². The molecule has 8 rings (SSSR count). The van der Waals surface area contributed by atoms with Crippen LogP contribution in [0.4, 0.5) is 0 Å². The second-order valence-electron chi connectivity index (χ2n) is 16.8. The molecule has 6 aromatic rings. The van der Waals surface area contributed by atoms with E-state index in [1.165, 1.54) is 64.0 Å². The van der Waals surface area contributed by atoms with Gasteiger partial charge in [0.25, 0.3) is 0 Å². The van der Waals surface area contributed by atoms with Gasteiger partial charge < -0.3 is 24.8 Å². The Bertz CT molecular complexity index is 2460. The largest absolute Gasteiger partial charge is 1.00 e. The van der Waals surface area contributed by atoms with E-state index in [0.29, 0.717) is 3.63 Å². The Morgan fingerprint density at radius 3 is 1.59 bits per heavy atom. The molecular formula is C49H46Cl4Zr. The maximum atomic E-state index is 6.97. The molecule has 0 radical (unpaired) electrons. The Labute approximate surface area is 351 Å². The van der Waals surface area contributed by atoms with Gasteiger partial charge in [-0.15, -0.1) is 0 Å². The number of hydrogen-bond acceptors (Lipinski definition) is 0. The van der Waals surface area contributed by atoms with E-state index >= 15 is 0 Å². The molecule has 5 heteroatoms. The first kappa shape index (κ1) is 40.9. The summed E-state index contributed by atoms with van der Waals surface area (Å²) in [6.45, 7) is 18.9. The van der Waals surface area contributed by atoms with Gasteiger partial charge in [-0.3, -0.25) is 0 Å². The minimum Gasteiger partial charge on any atom is -1.00 e. The summed E-state index contributed by atoms with van der Waals surface area (Å²) < 4.78 is 3.49. The molecule has 54 heavy (non-hydrogen) atoms. The first-order valence-electron chi connectivity index (χ1n) is 18.5. The minimum atomic E-state index is -3.09. The second-order valence-corrected chi connectivity index (χ2v) is 23.8. The molecule has 2 aliphatic rings. The zero-order valence-electron chi connectivity index (χ0n) is 32.3. The van der Waals surface area contributed by atoms with Crippen LogP contribution in [0, 0.1) is 13.8 Å². The third-order valence-corrected chi connectivity index (χ3v) is 20.2.